The third-order valence-corrected chi connectivity index (χ3v) is 4.79. The lowest BCUT2D eigenvalue weighted by Crippen LogP contribution is -2.15. The molecule has 2 rings (SSSR count). The highest BCUT2D eigenvalue weighted by atomic mass is 32.1. The molecular weight excluding hydrogens is 346 g/mol. The van der Waals surface area contributed by atoms with Crippen LogP contribution in [-0.2, 0) is 9.59 Å². The predicted molar refractivity (Wildman–Crippen MR) is 109 cm³/mol. The Morgan fingerprint density at radius 2 is 1.88 bits per heavy atom. The second kappa shape index (κ2) is 8.94. The first-order valence-electron chi connectivity index (χ1n) is 8.97. The molecule has 2 amide bonds. The van der Waals surface area contributed by atoms with Crippen molar-refractivity contribution < 1.29 is 9.59 Å². The Hall–Kier alpha value is -2.21. The molecule has 1 aromatic carbocycles. The van der Waals surface area contributed by atoms with Gasteiger partial charge in [0.05, 0.1) is 5.69 Å². The molecule has 6 heteroatoms. The Balaban J connectivity index is 2.25. The van der Waals surface area contributed by atoms with Crippen molar-refractivity contribution in [2.75, 3.05) is 10.6 Å². The van der Waals surface area contributed by atoms with Gasteiger partial charge in [-0.3, -0.25) is 9.59 Å². The molecule has 0 atom stereocenters. The molecule has 0 fully saturated rings. The molecule has 0 aliphatic rings. The summed E-state index contributed by atoms with van der Waals surface area (Å²) < 4.78 is 0. The molecule has 140 valence electrons. The fourth-order valence-corrected chi connectivity index (χ4v) is 3.47. The van der Waals surface area contributed by atoms with E-state index in [0.29, 0.717) is 23.9 Å². The predicted octanol–water partition coefficient (Wildman–Crippen LogP) is 5.15. The van der Waals surface area contributed by atoms with E-state index in [-0.39, 0.29) is 11.8 Å². The van der Waals surface area contributed by atoms with Gasteiger partial charge in [0, 0.05) is 29.5 Å². The molecule has 2 N–H and O–H groups in total. The molecule has 0 spiro atoms. The number of hydrogen-bond acceptors (Lipinski definition) is 4. The number of nitrogens with one attached hydrogen (secondary N) is 2. The number of thiazole rings is 1. The number of nitrogens with zero attached hydrogens (tertiary/aromatic N) is 1. The van der Waals surface area contributed by atoms with E-state index >= 15 is 0 Å². The van der Waals surface area contributed by atoms with Crippen molar-refractivity contribution in [3.63, 3.8) is 0 Å². The lowest BCUT2D eigenvalue weighted by molar-refractivity contribution is -0.117. The van der Waals surface area contributed by atoms with Gasteiger partial charge in [-0.05, 0) is 37.3 Å². The molecule has 0 radical (unpaired) electrons. The summed E-state index contributed by atoms with van der Waals surface area (Å²) in [6.45, 7) is 10.00. The third kappa shape index (κ3) is 5.14. The zero-order valence-corrected chi connectivity index (χ0v) is 16.9. The van der Waals surface area contributed by atoms with Crippen molar-refractivity contribution in [2.24, 2.45) is 5.92 Å². The van der Waals surface area contributed by atoms with Gasteiger partial charge in [-0.2, -0.15) is 0 Å². The molecule has 0 aliphatic heterocycles. The van der Waals surface area contributed by atoms with Crippen LogP contribution in [0.15, 0.2) is 17.5 Å². The molecular formula is C20H27N3O2S. The summed E-state index contributed by atoms with van der Waals surface area (Å²) in [5.41, 5.74) is 4.62. The van der Waals surface area contributed by atoms with Crippen LogP contribution in [0.5, 0.6) is 0 Å². The standard InChI is InChI=1S/C20H27N3O2S/c1-6-7-17(24)23-20-21-16(11-26-20)15-9-8-13(4)19(14(15)5)22-18(25)10-12(2)3/h8-9,11-12H,6-7,10H2,1-5H3,(H,22,25)(H,21,23,24). The topological polar surface area (TPSA) is 71.1 Å². The van der Waals surface area contributed by atoms with Gasteiger partial charge in [0.25, 0.3) is 0 Å². The van der Waals surface area contributed by atoms with Crippen molar-refractivity contribution in [3.8, 4) is 11.3 Å². The minimum Gasteiger partial charge on any atom is -0.326 e. The van der Waals surface area contributed by atoms with E-state index < -0.39 is 0 Å². The van der Waals surface area contributed by atoms with Gasteiger partial charge in [-0.15, -0.1) is 11.3 Å². The molecule has 0 aliphatic carbocycles. The van der Waals surface area contributed by atoms with Crippen molar-refractivity contribution >= 4 is 34.0 Å². The largest absolute Gasteiger partial charge is 0.326 e. The minimum atomic E-state index is -0.0179. The van der Waals surface area contributed by atoms with Crippen molar-refractivity contribution in [3.05, 3.63) is 28.6 Å². The van der Waals surface area contributed by atoms with Crippen LogP contribution in [0.2, 0.25) is 0 Å². The normalized spacial score (nSPS) is 10.8. The summed E-state index contributed by atoms with van der Waals surface area (Å²) in [4.78, 5) is 28.5. The second-order valence-electron chi connectivity index (χ2n) is 6.91. The van der Waals surface area contributed by atoms with E-state index in [9.17, 15) is 9.59 Å². The molecule has 1 heterocycles. The number of carbonyl (C=O) groups excluding carboxylic acids is 2. The summed E-state index contributed by atoms with van der Waals surface area (Å²) >= 11 is 1.41. The first-order chi connectivity index (χ1) is 12.3. The second-order valence-corrected chi connectivity index (χ2v) is 7.77. The van der Waals surface area contributed by atoms with Crippen LogP contribution in [0.25, 0.3) is 11.3 Å². The van der Waals surface area contributed by atoms with Gasteiger partial charge >= 0.3 is 0 Å². The Kier molecular flexibility index (Phi) is 6.91. The molecule has 26 heavy (non-hydrogen) atoms. The molecule has 0 bridgehead atoms. The van der Waals surface area contributed by atoms with Crippen LogP contribution in [-0.4, -0.2) is 16.8 Å². The maximum atomic E-state index is 12.2. The van der Waals surface area contributed by atoms with E-state index in [2.05, 4.69) is 15.6 Å². The Labute approximate surface area is 159 Å². The van der Waals surface area contributed by atoms with E-state index in [1.165, 1.54) is 11.3 Å². The lowest BCUT2D eigenvalue weighted by atomic mass is 10.00. The average Bonchev–Trinajstić information content (AvgIpc) is 2.99. The van der Waals surface area contributed by atoms with Gasteiger partial charge in [-0.1, -0.05) is 32.9 Å². The van der Waals surface area contributed by atoms with Gasteiger partial charge < -0.3 is 10.6 Å². The first-order valence-corrected chi connectivity index (χ1v) is 9.85. The van der Waals surface area contributed by atoms with Crippen LogP contribution in [0, 0.1) is 19.8 Å². The third-order valence-electron chi connectivity index (χ3n) is 4.03. The molecule has 5 nitrogen and oxygen atoms in total. The van der Waals surface area contributed by atoms with Crippen molar-refractivity contribution in [1.82, 2.24) is 4.98 Å². The van der Waals surface area contributed by atoms with E-state index in [1.54, 1.807) is 0 Å². The zero-order valence-electron chi connectivity index (χ0n) is 16.1. The molecule has 0 unspecified atom stereocenters. The molecule has 0 saturated carbocycles. The maximum Gasteiger partial charge on any atom is 0.226 e. The molecule has 1 aromatic heterocycles. The van der Waals surface area contributed by atoms with Crippen LogP contribution in [0.3, 0.4) is 0 Å². The smallest absolute Gasteiger partial charge is 0.226 e. The number of aromatic nitrogens is 1. The highest BCUT2D eigenvalue weighted by Crippen LogP contribution is 2.33. The number of hydrogen-bond donors (Lipinski definition) is 2. The van der Waals surface area contributed by atoms with Gasteiger partial charge in [0.2, 0.25) is 11.8 Å². The average molecular weight is 374 g/mol. The van der Waals surface area contributed by atoms with Gasteiger partial charge in [-0.25, -0.2) is 4.98 Å². The number of anilines is 2. The number of aryl methyl sites for hydroxylation is 1. The lowest BCUT2D eigenvalue weighted by Gasteiger charge is -2.15. The van der Waals surface area contributed by atoms with E-state index in [0.717, 1.165) is 34.5 Å². The Bertz CT molecular complexity index is 796. The number of carbonyl (C=O) groups is 2. The van der Waals surface area contributed by atoms with Crippen LogP contribution in [0.4, 0.5) is 10.8 Å². The highest BCUT2D eigenvalue weighted by Gasteiger charge is 2.15. The number of rotatable bonds is 7. The van der Waals surface area contributed by atoms with Crippen LogP contribution < -0.4 is 10.6 Å². The number of benzene rings is 1. The highest BCUT2D eigenvalue weighted by molar-refractivity contribution is 7.14. The summed E-state index contributed by atoms with van der Waals surface area (Å²) in [5, 5.41) is 8.40. The van der Waals surface area contributed by atoms with Gasteiger partial charge in [0.15, 0.2) is 5.13 Å². The van der Waals surface area contributed by atoms with Gasteiger partial charge in [0.1, 0.15) is 0 Å². The first kappa shape index (κ1) is 20.1. The van der Waals surface area contributed by atoms with E-state index in [4.69, 9.17) is 0 Å². The zero-order chi connectivity index (χ0) is 19.3. The Morgan fingerprint density at radius 3 is 2.54 bits per heavy atom. The maximum absolute atomic E-state index is 12.2. The number of amides is 2. The summed E-state index contributed by atoms with van der Waals surface area (Å²) in [7, 11) is 0. The van der Waals surface area contributed by atoms with Crippen molar-refractivity contribution in [2.45, 2.75) is 53.9 Å². The summed E-state index contributed by atoms with van der Waals surface area (Å²) in [5.74, 6) is 0.316. The molecule has 2 aromatic rings. The van der Waals surface area contributed by atoms with E-state index in [1.807, 2.05) is 52.1 Å². The summed E-state index contributed by atoms with van der Waals surface area (Å²) in [6, 6.07) is 4.00. The fraction of sp³-hybridized carbons (Fsp3) is 0.450. The van der Waals surface area contributed by atoms with Crippen LogP contribution >= 0.6 is 11.3 Å². The van der Waals surface area contributed by atoms with Crippen LogP contribution in [0.1, 0.15) is 51.2 Å². The Morgan fingerprint density at radius 1 is 1.15 bits per heavy atom. The van der Waals surface area contributed by atoms with Crippen molar-refractivity contribution in [1.29, 1.82) is 0 Å². The molecule has 0 saturated heterocycles. The quantitative estimate of drug-likeness (QED) is 0.705. The minimum absolute atomic E-state index is 0.0179. The summed E-state index contributed by atoms with van der Waals surface area (Å²) in [6.07, 6.45) is 1.79. The monoisotopic (exact) mass is 373 g/mol. The fourth-order valence-electron chi connectivity index (χ4n) is 2.74. The SMILES string of the molecule is CCCC(=O)Nc1nc(-c2ccc(C)c(NC(=O)CC(C)C)c2C)cs1.